The van der Waals surface area contributed by atoms with E-state index < -0.39 is 0 Å². The number of hydrogen-bond acceptors (Lipinski definition) is 4. The van der Waals surface area contributed by atoms with Crippen LogP contribution in [0, 0.1) is 6.92 Å². The monoisotopic (exact) mass is 460 g/mol. The Kier molecular flexibility index (Phi) is 9.70. The van der Waals surface area contributed by atoms with Gasteiger partial charge >= 0.3 is 0 Å². The maximum Gasteiger partial charge on any atom is 0.218 e. The van der Waals surface area contributed by atoms with Crippen molar-refractivity contribution in [2.45, 2.75) is 33.9 Å². The second-order valence-corrected chi connectivity index (χ2v) is 6.33. The van der Waals surface area contributed by atoms with Crippen LogP contribution in [-0.2, 0) is 13.1 Å². The van der Waals surface area contributed by atoms with Gasteiger partial charge in [0.05, 0.1) is 19.7 Å². The molecule has 7 heteroatoms. The SMILES string of the molecule is CCNC(=NCc1cccnc1OCC)NCc1ccc(C)s1.I. The van der Waals surface area contributed by atoms with Crippen molar-refractivity contribution >= 4 is 41.3 Å². The highest BCUT2D eigenvalue weighted by molar-refractivity contribution is 14.0. The van der Waals surface area contributed by atoms with Crippen molar-refractivity contribution in [1.82, 2.24) is 15.6 Å². The van der Waals surface area contributed by atoms with Crippen LogP contribution in [0.5, 0.6) is 5.88 Å². The van der Waals surface area contributed by atoms with Crippen molar-refractivity contribution in [2.24, 2.45) is 4.99 Å². The van der Waals surface area contributed by atoms with E-state index in [4.69, 9.17) is 4.74 Å². The van der Waals surface area contributed by atoms with Gasteiger partial charge in [0.15, 0.2) is 5.96 Å². The van der Waals surface area contributed by atoms with Crippen LogP contribution in [0.4, 0.5) is 0 Å². The number of aromatic nitrogens is 1. The van der Waals surface area contributed by atoms with Gasteiger partial charge in [-0.1, -0.05) is 6.07 Å². The van der Waals surface area contributed by atoms with Gasteiger partial charge in [-0.25, -0.2) is 9.98 Å². The van der Waals surface area contributed by atoms with Gasteiger partial charge in [0.2, 0.25) is 5.88 Å². The molecule has 0 saturated carbocycles. The number of nitrogens with zero attached hydrogens (tertiary/aromatic N) is 2. The van der Waals surface area contributed by atoms with Crippen molar-refractivity contribution in [3.63, 3.8) is 0 Å². The number of halogens is 1. The van der Waals surface area contributed by atoms with Crippen molar-refractivity contribution in [1.29, 1.82) is 0 Å². The van der Waals surface area contributed by atoms with E-state index in [-0.39, 0.29) is 24.0 Å². The van der Waals surface area contributed by atoms with Crippen LogP contribution in [-0.4, -0.2) is 24.1 Å². The molecule has 2 aromatic rings. The number of guanidine groups is 1. The maximum absolute atomic E-state index is 5.54. The topological polar surface area (TPSA) is 58.5 Å². The highest BCUT2D eigenvalue weighted by atomic mass is 127. The average Bonchev–Trinajstić information content (AvgIpc) is 2.97. The smallest absolute Gasteiger partial charge is 0.218 e. The normalized spacial score (nSPS) is 10.9. The number of aliphatic imine (C=N–C) groups is 1. The molecule has 0 atom stereocenters. The Morgan fingerprint density at radius 3 is 2.75 bits per heavy atom. The summed E-state index contributed by atoms with van der Waals surface area (Å²) in [6, 6.07) is 8.18. The van der Waals surface area contributed by atoms with E-state index >= 15 is 0 Å². The molecule has 2 heterocycles. The molecule has 0 fully saturated rings. The van der Waals surface area contributed by atoms with Gasteiger partial charge in [-0.3, -0.25) is 0 Å². The van der Waals surface area contributed by atoms with E-state index in [1.54, 1.807) is 17.5 Å². The third kappa shape index (κ3) is 6.64. The van der Waals surface area contributed by atoms with Gasteiger partial charge < -0.3 is 15.4 Å². The standard InChI is InChI=1S/C17H24N4OS.HI/c1-4-18-17(21-12-15-9-8-13(3)23-15)20-11-14-7-6-10-19-16(14)22-5-2;/h6-10H,4-5,11-12H2,1-3H3,(H2,18,20,21);1H. The van der Waals surface area contributed by atoms with Crippen LogP contribution in [0.15, 0.2) is 35.5 Å². The minimum atomic E-state index is 0. The highest BCUT2D eigenvalue weighted by Crippen LogP contribution is 2.16. The summed E-state index contributed by atoms with van der Waals surface area (Å²) in [5, 5.41) is 6.62. The van der Waals surface area contributed by atoms with Gasteiger partial charge in [0.1, 0.15) is 0 Å². The first-order chi connectivity index (χ1) is 11.2. The number of nitrogens with one attached hydrogen (secondary N) is 2. The molecule has 0 unspecified atom stereocenters. The first-order valence-electron chi connectivity index (χ1n) is 7.87. The molecule has 0 amide bonds. The number of thiophene rings is 1. The van der Waals surface area contributed by atoms with Crippen molar-refractivity contribution in [3.05, 3.63) is 45.8 Å². The summed E-state index contributed by atoms with van der Waals surface area (Å²) in [7, 11) is 0. The van der Waals surface area contributed by atoms with Crippen LogP contribution in [0.1, 0.15) is 29.2 Å². The first kappa shape index (κ1) is 20.7. The summed E-state index contributed by atoms with van der Waals surface area (Å²) in [5.74, 6) is 1.45. The molecule has 0 aromatic carbocycles. The van der Waals surface area contributed by atoms with Crippen molar-refractivity contribution in [2.75, 3.05) is 13.2 Å². The molecule has 0 aliphatic carbocycles. The molecule has 2 aromatic heterocycles. The molecule has 0 aliphatic heterocycles. The molecule has 0 spiro atoms. The number of aryl methyl sites for hydroxylation is 1. The molecule has 132 valence electrons. The Bertz CT molecular complexity index is 645. The minimum absolute atomic E-state index is 0. The Balaban J connectivity index is 0.00000288. The molecule has 0 radical (unpaired) electrons. The van der Waals surface area contributed by atoms with Gasteiger partial charge in [0.25, 0.3) is 0 Å². The Morgan fingerprint density at radius 1 is 1.25 bits per heavy atom. The van der Waals surface area contributed by atoms with E-state index in [1.807, 2.05) is 19.1 Å². The van der Waals surface area contributed by atoms with E-state index in [0.717, 1.165) is 24.6 Å². The van der Waals surface area contributed by atoms with Crippen LogP contribution in [0.25, 0.3) is 0 Å². The quantitative estimate of drug-likeness (QED) is 0.376. The second kappa shape index (κ2) is 11.2. The van der Waals surface area contributed by atoms with Gasteiger partial charge in [-0.05, 0) is 39.0 Å². The average molecular weight is 460 g/mol. The van der Waals surface area contributed by atoms with Crippen molar-refractivity contribution in [3.8, 4) is 5.88 Å². The molecular weight excluding hydrogens is 435 g/mol. The van der Waals surface area contributed by atoms with E-state index in [0.29, 0.717) is 19.0 Å². The highest BCUT2D eigenvalue weighted by Gasteiger charge is 2.05. The third-order valence-corrected chi connectivity index (χ3v) is 4.11. The molecule has 2 N–H and O–H groups in total. The summed E-state index contributed by atoms with van der Waals surface area (Å²) < 4.78 is 5.54. The van der Waals surface area contributed by atoms with Gasteiger partial charge in [-0.15, -0.1) is 35.3 Å². The summed E-state index contributed by atoms with van der Waals surface area (Å²) in [5.41, 5.74) is 0.985. The summed E-state index contributed by atoms with van der Waals surface area (Å²) in [6.07, 6.45) is 1.74. The predicted octanol–water partition coefficient (Wildman–Crippen LogP) is 3.72. The van der Waals surface area contributed by atoms with Gasteiger partial charge in [0, 0.05) is 28.1 Å². The van der Waals surface area contributed by atoms with E-state index in [2.05, 4.69) is 46.6 Å². The predicted molar refractivity (Wildman–Crippen MR) is 112 cm³/mol. The number of pyridine rings is 1. The lowest BCUT2D eigenvalue weighted by atomic mass is 10.3. The largest absolute Gasteiger partial charge is 0.478 e. The summed E-state index contributed by atoms with van der Waals surface area (Å²) in [4.78, 5) is 11.5. The van der Waals surface area contributed by atoms with Crippen LogP contribution in [0.2, 0.25) is 0 Å². The fraction of sp³-hybridized carbons (Fsp3) is 0.412. The Hall–Kier alpha value is -1.35. The van der Waals surface area contributed by atoms with Gasteiger partial charge in [-0.2, -0.15) is 0 Å². The lowest BCUT2D eigenvalue weighted by Gasteiger charge is -2.11. The lowest BCUT2D eigenvalue weighted by molar-refractivity contribution is 0.323. The molecule has 5 nitrogen and oxygen atoms in total. The zero-order valence-electron chi connectivity index (χ0n) is 14.3. The van der Waals surface area contributed by atoms with E-state index in [9.17, 15) is 0 Å². The summed E-state index contributed by atoms with van der Waals surface area (Å²) in [6.45, 7) is 8.85. The zero-order valence-corrected chi connectivity index (χ0v) is 17.5. The number of ether oxygens (including phenoxy) is 1. The number of rotatable bonds is 7. The molecule has 0 aliphatic rings. The number of hydrogen-bond donors (Lipinski definition) is 2. The Labute approximate surface area is 165 Å². The van der Waals surface area contributed by atoms with Crippen LogP contribution >= 0.6 is 35.3 Å². The fourth-order valence-corrected chi connectivity index (χ4v) is 2.90. The molecular formula is C17H25IN4OS. The molecule has 2 rings (SSSR count). The molecule has 0 saturated heterocycles. The molecule has 24 heavy (non-hydrogen) atoms. The van der Waals surface area contributed by atoms with Crippen molar-refractivity contribution < 1.29 is 4.74 Å². The molecule has 0 bridgehead atoms. The Morgan fingerprint density at radius 2 is 2.08 bits per heavy atom. The fourth-order valence-electron chi connectivity index (χ4n) is 2.07. The van der Waals surface area contributed by atoms with Crippen LogP contribution in [0.3, 0.4) is 0 Å². The summed E-state index contributed by atoms with van der Waals surface area (Å²) >= 11 is 1.80. The van der Waals surface area contributed by atoms with E-state index in [1.165, 1.54) is 9.75 Å². The first-order valence-corrected chi connectivity index (χ1v) is 8.68. The van der Waals surface area contributed by atoms with Crippen LogP contribution < -0.4 is 15.4 Å². The second-order valence-electron chi connectivity index (χ2n) is 4.96. The minimum Gasteiger partial charge on any atom is -0.478 e. The lowest BCUT2D eigenvalue weighted by Crippen LogP contribution is -2.36. The maximum atomic E-state index is 5.54. The third-order valence-electron chi connectivity index (χ3n) is 3.11. The zero-order chi connectivity index (χ0) is 16.5.